The molecule has 5 heteroatoms. The average Bonchev–Trinajstić information content (AvgIpc) is 2.55. The van der Waals surface area contributed by atoms with Gasteiger partial charge in [-0.2, -0.15) is 0 Å². The highest BCUT2D eigenvalue weighted by molar-refractivity contribution is 5.92. The number of aromatic nitrogens is 1. The molecule has 5 nitrogen and oxygen atoms in total. The Morgan fingerprint density at radius 2 is 2.17 bits per heavy atom. The molecule has 1 aromatic heterocycles. The van der Waals surface area contributed by atoms with Crippen LogP contribution in [0.1, 0.15) is 24.2 Å². The zero-order chi connectivity index (χ0) is 16.4. The third-order valence-electron chi connectivity index (χ3n) is 3.69. The smallest absolute Gasteiger partial charge is 0.338 e. The van der Waals surface area contributed by atoms with E-state index >= 15 is 0 Å². The van der Waals surface area contributed by atoms with Crippen LogP contribution < -0.4 is 4.90 Å². The lowest BCUT2D eigenvalue weighted by Gasteiger charge is -2.30. The van der Waals surface area contributed by atoms with Crippen molar-refractivity contribution in [3.63, 3.8) is 0 Å². The topological polar surface area (TPSA) is 62.7 Å². The van der Waals surface area contributed by atoms with Gasteiger partial charge in [0, 0.05) is 23.6 Å². The van der Waals surface area contributed by atoms with Crippen molar-refractivity contribution < 1.29 is 14.6 Å². The van der Waals surface area contributed by atoms with Gasteiger partial charge in [-0.25, -0.2) is 9.78 Å². The Labute approximate surface area is 134 Å². The third-order valence-corrected chi connectivity index (χ3v) is 3.69. The van der Waals surface area contributed by atoms with Gasteiger partial charge in [0.15, 0.2) is 0 Å². The number of benzene rings is 1. The highest BCUT2D eigenvalue weighted by Gasteiger charge is 2.31. The summed E-state index contributed by atoms with van der Waals surface area (Å²) in [6, 6.07) is 11.4. The summed E-state index contributed by atoms with van der Waals surface area (Å²) in [4.78, 5) is 18.3. The van der Waals surface area contributed by atoms with E-state index < -0.39 is 12.1 Å². The minimum Gasteiger partial charge on any atom is -0.463 e. The third kappa shape index (κ3) is 2.83. The van der Waals surface area contributed by atoms with Gasteiger partial charge in [-0.1, -0.05) is 18.2 Å². The van der Waals surface area contributed by atoms with Gasteiger partial charge in [-0.3, -0.25) is 0 Å². The number of esters is 1. The number of ether oxygens (including phenoxy) is 1. The van der Waals surface area contributed by atoms with Crippen molar-refractivity contribution in [3.8, 4) is 0 Å². The predicted octanol–water partition coefficient (Wildman–Crippen LogP) is 3.02. The van der Waals surface area contributed by atoms with Gasteiger partial charge in [0.2, 0.25) is 0 Å². The molecule has 0 radical (unpaired) electrons. The molecule has 2 heterocycles. The van der Waals surface area contributed by atoms with E-state index in [1.807, 2.05) is 31.2 Å². The molecule has 0 saturated heterocycles. The molecule has 1 N–H and O–H groups in total. The van der Waals surface area contributed by atoms with Crippen LogP contribution in [0.15, 0.2) is 54.4 Å². The Balaban J connectivity index is 2.13. The quantitative estimate of drug-likeness (QED) is 0.883. The fourth-order valence-electron chi connectivity index (χ4n) is 2.62. The number of nitrogens with zero attached hydrogens (tertiary/aromatic N) is 2. The zero-order valence-corrected chi connectivity index (χ0v) is 13.1. The molecule has 2 aromatic rings. The Bertz CT molecular complexity index is 770. The van der Waals surface area contributed by atoms with Crippen molar-refractivity contribution in [2.45, 2.75) is 20.0 Å². The SMILES string of the molecule is CCOC(=O)C1=CN(c2cccc(C)c2)c2ncccc2C1O. The molecule has 118 valence electrons. The Morgan fingerprint density at radius 1 is 1.35 bits per heavy atom. The number of rotatable bonds is 3. The molecule has 3 rings (SSSR count). The number of aryl methyl sites for hydroxylation is 1. The van der Waals surface area contributed by atoms with Crippen molar-refractivity contribution in [1.29, 1.82) is 0 Å². The molecule has 0 saturated carbocycles. The molecular weight excluding hydrogens is 292 g/mol. The van der Waals surface area contributed by atoms with E-state index in [4.69, 9.17) is 4.74 Å². The van der Waals surface area contributed by atoms with Gasteiger partial charge in [-0.15, -0.1) is 0 Å². The second kappa shape index (κ2) is 6.22. The van der Waals surface area contributed by atoms with E-state index in [1.165, 1.54) is 0 Å². The van der Waals surface area contributed by atoms with Crippen molar-refractivity contribution in [2.75, 3.05) is 11.5 Å². The summed E-state index contributed by atoms with van der Waals surface area (Å²) < 4.78 is 5.06. The second-order valence-electron chi connectivity index (χ2n) is 5.33. The van der Waals surface area contributed by atoms with Crippen molar-refractivity contribution in [1.82, 2.24) is 4.98 Å². The van der Waals surface area contributed by atoms with Gasteiger partial charge in [0.25, 0.3) is 0 Å². The van der Waals surface area contributed by atoms with Crippen LogP contribution in [-0.2, 0) is 9.53 Å². The Hall–Kier alpha value is -2.66. The number of hydrogen-bond donors (Lipinski definition) is 1. The number of hydrogen-bond acceptors (Lipinski definition) is 5. The minimum absolute atomic E-state index is 0.203. The van der Waals surface area contributed by atoms with Crippen LogP contribution in [0.3, 0.4) is 0 Å². The number of anilines is 2. The van der Waals surface area contributed by atoms with Crippen LogP contribution >= 0.6 is 0 Å². The molecule has 1 aliphatic heterocycles. The van der Waals surface area contributed by atoms with Crippen molar-refractivity contribution in [2.24, 2.45) is 0 Å². The average molecular weight is 310 g/mol. The molecular formula is C18H18N2O3. The highest BCUT2D eigenvalue weighted by atomic mass is 16.5. The van der Waals surface area contributed by atoms with E-state index in [2.05, 4.69) is 4.98 Å². The molecule has 1 aliphatic rings. The van der Waals surface area contributed by atoms with Crippen molar-refractivity contribution in [3.05, 3.63) is 65.5 Å². The molecule has 0 spiro atoms. The van der Waals surface area contributed by atoms with Crippen LogP contribution in [-0.4, -0.2) is 22.7 Å². The first-order valence-electron chi connectivity index (χ1n) is 7.49. The fraction of sp³-hybridized carbons (Fsp3) is 0.222. The lowest BCUT2D eigenvalue weighted by Crippen LogP contribution is -2.26. The number of pyridine rings is 1. The van der Waals surface area contributed by atoms with E-state index in [1.54, 1.807) is 36.4 Å². The van der Waals surface area contributed by atoms with E-state index in [9.17, 15) is 9.90 Å². The monoisotopic (exact) mass is 310 g/mol. The molecule has 1 atom stereocenters. The first kappa shape index (κ1) is 15.2. The van der Waals surface area contributed by atoms with Gasteiger partial charge < -0.3 is 14.7 Å². The number of fused-ring (bicyclic) bond motifs is 1. The highest BCUT2D eigenvalue weighted by Crippen LogP contribution is 2.39. The number of carbonyl (C=O) groups is 1. The summed E-state index contributed by atoms with van der Waals surface area (Å²) in [5.41, 5.74) is 2.75. The van der Waals surface area contributed by atoms with Gasteiger partial charge in [0.1, 0.15) is 11.9 Å². The molecule has 23 heavy (non-hydrogen) atoms. The maximum Gasteiger partial charge on any atom is 0.338 e. The Kier molecular flexibility index (Phi) is 4.12. The van der Waals surface area contributed by atoms with Crippen LogP contribution in [0.2, 0.25) is 0 Å². The van der Waals surface area contributed by atoms with Gasteiger partial charge in [-0.05, 0) is 37.6 Å². The van der Waals surface area contributed by atoms with Gasteiger partial charge >= 0.3 is 5.97 Å². The number of carbonyl (C=O) groups excluding carboxylic acids is 1. The summed E-state index contributed by atoms with van der Waals surface area (Å²) >= 11 is 0. The van der Waals surface area contributed by atoms with E-state index in [0.29, 0.717) is 11.4 Å². The Morgan fingerprint density at radius 3 is 2.91 bits per heavy atom. The van der Waals surface area contributed by atoms with Crippen LogP contribution in [0.25, 0.3) is 0 Å². The minimum atomic E-state index is -1.04. The van der Waals surface area contributed by atoms with Crippen LogP contribution in [0.4, 0.5) is 11.5 Å². The fourth-order valence-corrected chi connectivity index (χ4v) is 2.62. The molecule has 0 amide bonds. The normalized spacial score (nSPS) is 16.6. The van der Waals surface area contributed by atoms with Crippen LogP contribution in [0, 0.1) is 6.92 Å². The largest absolute Gasteiger partial charge is 0.463 e. The lowest BCUT2D eigenvalue weighted by atomic mass is 9.98. The number of aliphatic hydroxyl groups is 1. The summed E-state index contributed by atoms with van der Waals surface area (Å²) in [6.07, 6.45) is 2.23. The predicted molar refractivity (Wildman–Crippen MR) is 87.2 cm³/mol. The summed E-state index contributed by atoms with van der Waals surface area (Å²) in [5.74, 6) is 0.0887. The van der Waals surface area contributed by atoms with Crippen molar-refractivity contribution >= 4 is 17.5 Å². The molecule has 0 bridgehead atoms. The summed E-state index contributed by atoms with van der Waals surface area (Å²) in [6.45, 7) is 3.99. The first-order chi connectivity index (χ1) is 11.1. The molecule has 1 unspecified atom stereocenters. The lowest BCUT2D eigenvalue weighted by molar-refractivity contribution is -0.139. The molecule has 0 aliphatic carbocycles. The molecule has 0 fully saturated rings. The maximum absolute atomic E-state index is 12.2. The van der Waals surface area contributed by atoms with Crippen LogP contribution in [0.5, 0.6) is 0 Å². The van der Waals surface area contributed by atoms with E-state index in [0.717, 1.165) is 11.3 Å². The zero-order valence-electron chi connectivity index (χ0n) is 13.1. The van der Waals surface area contributed by atoms with Gasteiger partial charge in [0.05, 0.1) is 12.2 Å². The maximum atomic E-state index is 12.2. The first-order valence-corrected chi connectivity index (χ1v) is 7.49. The summed E-state index contributed by atoms with van der Waals surface area (Å²) in [7, 11) is 0. The second-order valence-corrected chi connectivity index (χ2v) is 5.33. The van der Waals surface area contributed by atoms with E-state index in [-0.39, 0.29) is 12.2 Å². The summed E-state index contributed by atoms with van der Waals surface area (Å²) in [5, 5.41) is 10.5. The standard InChI is InChI=1S/C18H18N2O3/c1-3-23-18(22)15-11-20(13-7-4-6-12(2)10-13)17-14(16(15)21)8-5-9-19-17/h4-11,16,21H,3H2,1-2H3. The molecule has 1 aromatic carbocycles. The number of aliphatic hydroxyl groups excluding tert-OH is 1.